The molecule has 19 heavy (non-hydrogen) atoms. The average molecular weight is 321 g/mol. The summed E-state index contributed by atoms with van der Waals surface area (Å²) >= 11 is 3.40. The SMILES string of the molecule is O=C(OCc1ccccc1Br)c1ccc(CO)cc1. The van der Waals surface area contributed by atoms with Gasteiger partial charge in [0.15, 0.2) is 0 Å². The van der Waals surface area contributed by atoms with Crippen LogP contribution in [0.25, 0.3) is 0 Å². The Bertz CT molecular complexity index is 564. The number of halogens is 1. The van der Waals surface area contributed by atoms with Crippen molar-refractivity contribution in [1.29, 1.82) is 0 Å². The van der Waals surface area contributed by atoms with Gasteiger partial charge in [-0.3, -0.25) is 0 Å². The van der Waals surface area contributed by atoms with E-state index in [0.29, 0.717) is 5.56 Å². The minimum atomic E-state index is -0.375. The highest BCUT2D eigenvalue weighted by atomic mass is 79.9. The minimum Gasteiger partial charge on any atom is -0.457 e. The summed E-state index contributed by atoms with van der Waals surface area (Å²) in [5.41, 5.74) is 2.16. The molecule has 0 unspecified atom stereocenters. The summed E-state index contributed by atoms with van der Waals surface area (Å²) in [6.07, 6.45) is 0. The molecule has 0 bridgehead atoms. The van der Waals surface area contributed by atoms with E-state index in [9.17, 15) is 4.79 Å². The molecule has 0 amide bonds. The summed E-state index contributed by atoms with van der Waals surface area (Å²) in [6, 6.07) is 14.3. The number of rotatable bonds is 4. The average Bonchev–Trinajstić information content (AvgIpc) is 2.46. The number of ether oxygens (including phenoxy) is 1. The van der Waals surface area contributed by atoms with E-state index in [1.807, 2.05) is 24.3 Å². The Morgan fingerprint density at radius 2 is 1.79 bits per heavy atom. The molecule has 4 heteroatoms. The Hall–Kier alpha value is -1.65. The molecule has 2 rings (SSSR count). The number of carbonyl (C=O) groups is 1. The van der Waals surface area contributed by atoms with Crippen LogP contribution >= 0.6 is 15.9 Å². The summed E-state index contributed by atoms with van der Waals surface area (Å²) < 4.78 is 6.15. The molecule has 98 valence electrons. The van der Waals surface area contributed by atoms with Crippen LogP contribution in [0.5, 0.6) is 0 Å². The van der Waals surface area contributed by atoms with E-state index in [1.54, 1.807) is 24.3 Å². The summed E-state index contributed by atoms with van der Waals surface area (Å²) in [7, 11) is 0. The van der Waals surface area contributed by atoms with Crippen LogP contribution in [0, 0.1) is 0 Å². The lowest BCUT2D eigenvalue weighted by atomic mass is 10.1. The molecule has 0 fully saturated rings. The first-order valence-electron chi connectivity index (χ1n) is 5.81. The van der Waals surface area contributed by atoms with E-state index >= 15 is 0 Å². The van der Waals surface area contributed by atoms with Crippen LogP contribution in [0.3, 0.4) is 0 Å². The molecule has 0 aromatic heterocycles. The third-order valence-corrected chi connectivity index (χ3v) is 3.46. The fourth-order valence-corrected chi connectivity index (χ4v) is 1.99. The predicted molar refractivity (Wildman–Crippen MR) is 75.6 cm³/mol. The summed E-state index contributed by atoms with van der Waals surface area (Å²) in [5.74, 6) is -0.375. The fourth-order valence-electron chi connectivity index (χ4n) is 1.59. The number of aliphatic hydroxyl groups is 1. The monoisotopic (exact) mass is 320 g/mol. The number of benzene rings is 2. The molecule has 0 saturated carbocycles. The van der Waals surface area contributed by atoms with Crippen LogP contribution in [-0.4, -0.2) is 11.1 Å². The molecule has 0 atom stereocenters. The second-order valence-corrected chi connectivity index (χ2v) is 4.88. The van der Waals surface area contributed by atoms with Crippen LogP contribution in [0.15, 0.2) is 53.0 Å². The van der Waals surface area contributed by atoms with Crippen molar-refractivity contribution in [3.05, 3.63) is 69.7 Å². The molecule has 0 radical (unpaired) electrons. The summed E-state index contributed by atoms with van der Waals surface area (Å²) in [5, 5.41) is 8.93. The van der Waals surface area contributed by atoms with Crippen molar-refractivity contribution in [3.63, 3.8) is 0 Å². The second-order valence-electron chi connectivity index (χ2n) is 4.02. The van der Waals surface area contributed by atoms with Gasteiger partial charge in [-0.2, -0.15) is 0 Å². The number of carbonyl (C=O) groups excluding carboxylic acids is 1. The van der Waals surface area contributed by atoms with Crippen LogP contribution in [0.4, 0.5) is 0 Å². The van der Waals surface area contributed by atoms with Gasteiger partial charge in [-0.1, -0.05) is 46.3 Å². The number of aliphatic hydroxyl groups excluding tert-OH is 1. The van der Waals surface area contributed by atoms with Gasteiger partial charge >= 0.3 is 5.97 Å². The van der Waals surface area contributed by atoms with Gasteiger partial charge < -0.3 is 9.84 Å². The third-order valence-electron chi connectivity index (χ3n) is 2.69. The van der Waals surface area contributed by atoms with Crippen LogP contribution in [0.2, 0.25) is 0 Å². The topological polar surface area (TPSA) is 46.5 Å². The van der Waals surface area contributed by atoms with Gasteiger partial charge in [0.05, 0.1) is 12.2 Å². The highest BCUT2D eigenvalue weighted by molar-refractivity contribution is 9.10. The smallest absolute Gasteiger partial charge is 0.338 e. The Morgan fingerprint density at radius 3 is 2.42 bits per heavy atom. The van der Waals surface area contributed by atoms with Crippen LogP contribution in [-0.2, 0) is 18.0 Å². The Kier molecular flexibility index (Phi) is 4.71. The van der Waals surface area contributed by atoms with Crippen molar-refractivity contribution >= 4 is 21.9 Å². The van der Waals surface area contributed by atoms with E-state index in [-0.39, 0.29) is 19.2 Å². The molecule has 1 N–H and O–H groups in total. The summed E-state index contributed by atoms with van der Waals surface area (Å²) in [6.45, 7) is 0.189. The Balaban J connectivity index is 1.99. The maximum absolute atomic E-state index is 11.8. The molecule has 0 heterocycles. The van der Waals surface area contributed by atoms with Gasteiger partial charge in [0.1, 0.15) is 6.61 Å². The van der Waals surface area contributed by atoms with Crippen molar-refractivity contribution in [2.75, 3.05) is 0 Å². The minimum absolute atomic E-state index is 0.0354. The van der Waals surface area contributed by atoms with Crippen LogP contribution < -0.4 is 0 Å². The van der Waals surface area contributed by atoms with Gasteiger partial charge in [-0.05, 0) is 23.8 Å². The molecular weight excluding hydrogens is 308 g/mol. The van der Waals surface area contributed by atoms with Crippen molar-refractivity contribution in [2.24, 2.45) is 0 Å². The fraction of sp³-hybridized carbons (Fsp3) is 0.133. The van der Waals surface area contributed by atoms with E-state index in [0.717, 1.165) is 15.6 Å². The van der Waals surface area contributed by atoms with E-state index < -0.39 is 0 Å². The first-order chi connectivity index (χ1) is 9.20. The summed E-state index contributed by atoms with van der Waals surface area (Å²) in [4.78, 5) is 11.8. The Labute approximate surface area is 120 Å². The van der Waals surface area contributed by atoms with E-state index in [4.69, 9.17) is 9.84 Å². The highest BCUT2D eigenvalue weighted by Gasteiger charge is 2.08. The highest BCUT2D eigenvalue weighted by Crippen LogP contribution is 2.17. The number of hydrogen-bond acceptors (Lipinski definition) is 3. The van der Waals surface area contributed by atoms with Gasteiger partial charge in [0.2, 0.25) is 0 Å². The first kappa shape index (κ1) is 13.8. The number of esters is 1. The van der Waals surface area contributed by atoms with Gasteiger partial charge in [-0.25, -0.2) is 4.79 Å². The molecule has 0 saturated heterocycles. The maximum atomic E-state index is 11.8. The van der Waals surface area contributed by atoms with Crippen LogP contribution in [0.1, 0.15) is 21.5 Å². The zero-order chi connectivity index (χ0) is 13.7. The standard InChI is InChI=1S/C15H13BrO3/c16-14-4-2-1-3-13(14)10-19-15(18)12-7-5-11(9-17)6-8-12/h1-8,17H,9-10H2. The first-order valence-corrected chi connectivity index (χ1v) is 6.60. The van der Waals surface area contributed by atoms with Crippen molar-refractivity contribution in [3.8, 4) is 0 Å². The maximum Gasteiger partial charge on any atom is 0.338 e. The molecule has 2 aromatic rings. The normalized spacial score (nSPS) is 10.2. The molecule has 0 aliphatic rings. The molecule has 3 nitrogen and oxygen atoms in total. The largest absolute Gasteiger partial charge is 0.457 e. The molecular formula is C15H13BrO3. The van der Waals surface area contributed by atoms with Crippen molar-refractivity contribution in [2.45, 2.75) is 13.2 Å². The van der Waals surface area contributed by atoms with Crippen molar-refractivity contribution in [1.82, 2.24) is 0 Å². The van der Waals surface area contributed by atoms with Gasteiger partial charge in [0.25, 0.3) is 0 Å². The van der Waals surface area contributed by atoms with Gasteiger partial charge in [-0.15, -0.1) is 0 Å². The number of hydrogen-bond donors (Lipinski definition) is 1. The van der Waals surface area contributed by atoms with Crippen molar-refractivity contribution < 1.29 is 14.6 Å². The lowest BCUT2D eigenvalue weighted by Crippen LogP contribution is -2.05. The quantitative estimate of drug-likeness (QED) is 0.879. The zero-order valence-corrected chi connectivity index (χ0v) is 11.8. The van der Waals surface area contributed by atoms with E-state index in [2.05, 4.69) is 15.9 Å². The molecule has 0 aliphatic heterocycles. The zero-order valence-electron chi connectivity index (χ0n) is 10.2. The lowest BCUT2D eigenvalue weighted by molar-refractivity contribution is 0.0472. The lowest BCUT2D eigenvalue weighted by Gasteiger charge is -2.07. The molecule has 0 aliphatic carbocycles. The molecule has 0 spiro atoms. The second kappa shape index (κ2) is 6.50. The predicted octanol–water partition coefficient (Wildman–Crippen LogP) is 3.30. The third kappa shape index (κ3) is 3.66. The Morgan fingerprint density at radius 1 is 1.11 bits per heavy atom. The van der Waals surface area contributed by atoms with Gasteiger partial charge in [0, 0.05) is 10.0 Å². The van der Waals surface area contributed by atoms with E-state index in [1.165, 1.54) is 0 Å². The molecule has 2 aromatic carbocycles.